The van der Waals surface area contributed by atoms with E-state index in [9.17, 15) is 19.3 Å². The van der Waals surface area contributed by atoms with Crippen molar-refractivity contribution in [3.05, 3.63) is 70.0 Å². The van der Waals surface area contributed by atoms with Crippen LogP contribution in [0.3, 0.4) is 0 Å². The lowest BCUT2D eigenvalue weighted by atomic mass is 10.2. The fourth-order valence-electron chi connectivity index (χ4n) is 3.35. The van der Waals surface area contributed by atoms with Crippen LogP contribution in [-0.4, -0.2) is 60.1 Å². The van der Waals surface area contributed by atoms with Crippen molar-refractivity contribution in [2.75, 3.05) is 44.3 Å². The van der Waals surface area contributed by atoms with Gasteiger partial charge in [0.25, 0.3) is 11.6 Å². The van der Waals surface area contributed by atoms with E-state index in [1.54, 1.807) is 35.2 Å². The maximum Gasteiger partial charge on any atom is 0.269 e. The number of morpholine rings is 1. The normalized spacial score (nSPS) is 14.8. The first kappa shape index (κ1) is 22.0. The van der Waals surface area contributed by atoms with Crippen LogP contribution in [0, 0.1) is 15.9 Å². The molecule has 166 valence electrons. The summed E-state index contributed by atoms with van der Waals surface area (Å²) in [6, 6.07) is 10.7. The third-order valence-corrected chi connectivity index (χ3v) is 6.16. The molecule has 1 aliphatic heterocycles. The molecule has 0 radical (unpaired) electrons. The molecule has 1 fully saturated rings. The second-order valence-electron chi connectivity index (χ2n) is 7.21. The maximum atomic E-state index is 14.2. The van der Waals surface area contributed by atoms with Gasteiger partial charge >= 0.3 is 0 Å². The van der Waals surface area contributed by atoms with Gasteiger partial charge in [-0.3, -0.25) is 24.7 Å². The second kappa shape index (κ2) is 9.94. The standard InChI is InChI=1S/C22H21FN4O4S/c23-18-2-1-3-19-21(18)24-22(32-19)26(11-10-25-12-14-31-15-13-25)20(28)9-6-16-4-7-17(8-5-16)27(29)30/h1-9H,10-15H2/b9-6+. The number of benzene rings is 2. The van der Waals surface area contributed by atoms with E-state index in [-0.39, 0.29) is 17.1 Å². The average molecular weight is 456 g/mol. The lowest BCUT2D eigenvalue weighted by Gasteiger charge is -2.28. The highest BCUT2D eigenvalue weighted by molar-refractivity contribution is 7.22. The first-order valence-electron chi connectivity index (χ1n) is 10.1. The molecule has 0 unspecified atom stereocenters. The minimum absolute atomic E-state index is 0.0166. The molecule has 4 rings (SSSR count). The molecule has 0 bridgehead atoms. The molecule has 32 heavy (non-hydrogen) atoms. The number of amides is 1. The van der Waals surface area contributed by atoms with Crippen molar-refractivity contribution in [2.45, 2.75) is 0 Å². The van der Waals surface area contributed by atoms with Crippen LogP contribution in [0.5, 0.6) is 0 Å². The zero-order valence-electron chi connectivity index (χ0n) is 17.1. The van der Waals surface area contributed by atoms with Gasteiger partial charge in [0, 0.05) is 44.4 Å². The van der Waals surface area contributed by atoms with E-state index in [0.717, 1.165) is 13.1 Å². The Morgan fingerprint density at radius 1 is 1.25 bits per heavy atom. The van der Waals surface area contributed by atoms with E-state index in [1.807, 2.05) is 0 Å². The summed E-state index contributed by atoms with van der Waals surface area (Å²) >= 11 is 1.26. The Balaban J connectivity index is 1.55. The van der Waals surface area contributed by atoms with Crippen molar-refractivity contribution in [3.8, 4) is 0 Å². The van der Waals surface area contributed by atoms with Crippen LogP contribution in [0.15, 0.2) is 48.5 Å². The van der Waals surface area contributed by atoms with Crippen LogP contribution in [0.2, 0.25) is 0 Å². The smallest absolute Gasteiger partial charge is 0.269 e. The van der Waals surface area contributed by atoms with Crippen molar-refractivity contribution in [2.24, 2.45) is 0 Å². The number of anilines is 1. The molecule has 2 aromatic carbocycles. The van der Waals surface area contributed by atoms with Crippen molar-refractivity contribution >= 4 is 44.4 Å². The molecular formula is C22H21FN4O4S. The van der Waals surface area contributed by atoms with Gasteiger partial charge in [-0.15, -0.1) is 0 Å². The SMILES string of the molecule is O=C(/C=C/c1ccc([N+](=O)[O-])cc1)N(CCN1CCOCC1)c1nc2c(F)cccc2s1. The summed E-state index contributed by atoms with van der Waals surface area (Å²) in [6.07, 6.45) is 3.00. The number of carbonyl (C=O) groups is 1. The number of non-ortho nitro benzene ring substituents is 1. The van der Waals surface area contributed by atoms with Crippen molar-refractivity contribution in [3.63, 3.8) is 0 Å². The van der Waals surface area contributed by atoms with E-state index < -0.39 is 10.7 Å². The number of carbonyl (C=O) groups excluding carboxylic acids is 1. The Morgan fingerprint density at radius 2 is 2.00 bits per heavy atom. The van der Waals surface area contributed by atoms with Crippen LogP contribution in [-0.2, 0) is 9.53 Å². The largest absolute Gasteiger partial charge is 0.379 e. The van der Waals surface area contributed by atoms with Gasteiger partial charge < -0.3 is 4.74 Å². The molecule has 2 heterocycles. The number of nitro groups is 1. The molecule has 0 aliphatic carbocycles. The van der Waals surface area contributed by atoms with Crippen molar-refractivity contribution in [1.29, 1.82) is 0 Å². The van der Waals surface area contributed by atoms with Gasteiger partial charge in [0.2, 0.25) is 0 Å². The lowest BCUT2D eigenvalue weighted by molar-refractivity contribution is -0.384. The number of hydrogen-bond donors (Lipinski definition) is 0. The van der Waals surface area contributed by atoms with Gasteiger partial charge in [-0.05, 0) is 35.9 Å². The third-order valence-electron chi connectivity index (χ3n) is 5.12. The molecule has 1 aliphatic rings. The van der Waals surface area contributed by atoms with Crippen LogP contribution < -0.4 is 4.90 Å². The van der Waals surface area contributed by atoms with E-state index >= 15 is 0 Å². The lowest BCUT2D eigenvalue weighted by Crippen LogP contribution is -2.42. The number of nitro benzene ring substituents is 1. The molecule has 1 aromatic heterocycles. The molecule has 0 spiro atoms. The van der Waals surface area contributed by atoms with Crippen LogP contribution >= 0.6 is 11.3 Å². The fourth-order valence-corrected chi connectivity index (χ4v) is 4.36. The summed E-state index contributed by atoms with van der Waals surface area (Å²) in [7, 11) is 0. The number of aromatic nitrogens is 1. The third kappa shape index (κ3) is 5.16. The highest BCUT2D eigenvalue weighted by Crippen LogP contribution is 2.30. The van der Waals surface area contributed by atoms with E-state index in [4.69, 9.17) is 4.74 Å². The molecule has 1 saturated heterocycles. The highest BCUT2D eigenvalue weighted by atomic mass is 32.1. The van der Waals surface area contributed by atoms with Gasteiger partial charge in [-0.1, -0.05) is 17.4 Å². The molecule has 10 heteroatoms. The van der Waals surface area contributed by atoms with Crippen molar-refractivity contribution in [1.82, 2.24) is 9.88 Å². The summed E-state index contributed by atoms with van der Waals surface area (Å²) < 4.78 is 20.2. The van der Waals surface area contributed by atoms with Gasteiger partial charge in [-0.25, -0.2) is 9.37 Å². The number of halogens is 1. The van der Waals surface area contributed by atoms with Crippen LogP contribution in [0.1, 0.15) is 5.56 Å². The summed E-state index contributed by atoms with van der Waals surface area (Å²) in [4.78, 5) is 31.5. The monoisotopic (exact) mass is 456 g/mol. The minimum atomic E-state index is -0.474. The second-order valence-corrected chi connectivity index (χ2v) is 8.22. The maximum absolute atomic E-state index is 14.2. The highest BCUT2D eigenvalue weighted by Gasteiger charge is 2.21. The Morgan fingerprint density at radius 3 is 2.69 bits per heavy atom. The quantitative estimate of drug-likeness (QED) is 0.306. The molecule has 1 amide bonds. The van der Waals surface area contributed by atoms with E-state index in [0.29, 0.717) is 41.7 Å². The Bertz CT molecular complexity index is 1140. The number of hydrogen-bond acceptors (Lipinski definition) is 7. The number of fused-ring (bicyclic) bond motifs is 1. The summed E-state index contributed by atoms with van der Waals surface area (Å²) in [5.41, 5.74) is 0.889. The number of rotatable bonds is 7. The van der Waals surface area contributed by atoms with Crippen molar-refractivity contribution < 1.29 is 18.8 Å². The van der Waals surface area contributed by atoms with Crippen LogP contribution in [0.4, 0.5) is 15.2 Å². The van der Waals surface area contributed by atoms with Gasteiger partial charge in [0.1, 0.15) is 11.3 Å². The first-order chi connectivity index (χ1) is 15.5. The van der Waals surface area contributed by atoms with Gasteiger partial charge in [0.05, 0.1) is 22.8 Å². The molecule has 0 atom stereocenters. The average Bonchev–Trinajstić information content (AvgIpc) is 3.24. The molecule has 0 N–H and O–H groups in total. The zero-order chi connectivity index (χ0) is 22.5. The van der Waals surface area contributed by atoms with Gasteiger partial charge in [-0.2, -0.15) is 0 Å². The summed E-state index contributed by atoms with van der Waals surface area (Å²) in [5, 5.41) is 11.2. The predicted molar refractivity (Wildman–Crippen MR) is 121 cm³/mol. The van der Waals surface area contributed by atoms with Gasteiger partial charge in [0.15, 0.2) is 5.13 Å². The Hall–Kier alpha value is -3.21. The Labute approximate surface area is 187 Å². The van der Waals surface area contributed by atoms with E-state index in [2.05, 4.69) is 9.88 Å². The molecule has 8 nitrogen and oxygen atoms in total. The van der Waals surface area contributed by atoms with Crippen LogP contribution in [0.25, 0.3) is 16.3 Å². The first-order valence-corrected chi connectivity index (χ1v) is 10.9. The fraction of sp³-hybridized carbons (Fsp3) is 0.273. The molecule has 0 saturated carbocycles. The number of nitrogens with zero attached hydrogens (tertiary/aromatic N) is 4. The molecular weight excluding hydrogens is 435 g/mol. The molecule has 3 aromatic rings. The summed E-state index contributed by atoms with van der Waals surface area (Å²) in [6.45, 7) is 3.91. The zero-order valence-corrected chi connectivity index (χ0v) is 18.0. The summed E-state index contributed by atoms with van der Waals surface area (Å²) in [5.74, 6) is -0.719. The predicted octanol–water partition coefficient (Wildman–Crippen LogP) is 3.72. The topological polar surface area (TPSA) is 88.8 Å². The number of thiazole rings is 1. The number of para-hydroxylation sites is 1. The Kier molecular flexibility index (Phi) is 6.84. The minimum Gasteiger partial charge on any atom is -0.379 e. The number of ether oxygens (including phenoxy) is 1. The van der Waals surface area contributed by atoms with E-state index in [1.165, 1.54) is 35.6 Å².